The number of nitrogens with zero attached hydrogens (tertiary/aromatic N) is 5. The van der Waals surface area contributed by atoms with Crippen LogP contribution in [-0.2, 0) is 5.41 Å². The highest BCUT2D eigenvalue weighted by atomic mass is 15.1. The Morgan fingerprint density at radius 3 is 1.52 bits per heavy atom. The fourth-order valence-electron chi connectivity index (χ4n) is 6.89. The molecule has 3 heterocycles. The molecule has 0 spiro atoms. The third-order valence-corrected chi connectivity index (χ3v) is 9.38. The number of fused-ring (bicyclic) bond motifs is 5. The van der Waals surface area contributed by atoms with Crippen LogP contribution in [0, 0.1) is 0 Å². The van der Waals surface area contributed by atoms with Gasteiger partial charge in [0.2, 0.25) is 0 Å². The van der Waals surface area contributed by atoms with Gasteiger partial charge >= 0.3 is 0 Å². The molecule has 0 unspecified atom stereocenters. The zero-order chi connectivity index (χ0) is 32.2. The second kappa shape index (κ2) is 11.0. The molecule has 0 atom stereocenters. The maximum atomic E-state index is 5.17. The van der Waals surface area contributed by atoms with Gasteiger partial charge in [0.15, 0.2) is 17.5 Å². The number of imidazole rings is 1. The van der Waals surface area contributed by atoms with E-state index in [1.807, 2.05) is 60.7 Å². The largest absolute Gasteiger partial charge is 0.295 e. The van der Waals surface area contributed by atoms with Gasteiger partial charge in [0.25, 0.3) is 0 Å². The zero-order valence-corrected chi connectivity index (χ0v) is 26.7. The first-order chi connectivity index (χ1) is 23.5. The number of hydrogen-bond donors (Lipinski definition) is 0. The summed E-state index contributed by atoms with van der Waals surface area (Å²) in [5.74, 6) is 3.04. The van der Waals surface area contributed by atoms with Crippen LogP contribution in [0.3, 0.4) is 0 Å². The molecular weight excluding hydrogens is 587 g/mol. The van der Waals surface area contributed by atoms with E-state index >= 15 is 0 Å². The van der Waals surface area contributed by atoms with Gasteiger partial charge in [-0.2, -0.15) is 0 Å². The number of aromatic nitrogens is 5. The van der Waals surface area contributed by atoms with Crippen LogP contribution in [-0.4, -0.2) is 24.5 Å². The van der Waals surface area contributed by atoms with Crippen LogP contribution in [0.1, 0.15) is 25.2 Å². The van der Waals surface area contributed by atoms with Gasteiger partial charge in [-0.25, -0.2) is 19.9 Å². The smallest absolute Gasteiger partial charge is 0.164 e. The molecule has 6 aromatic carbocycles. The summed E-state index contributed by atoms with van der Waals surface area (Å²) in [4.78, 5) is 19.9. The van der Waals surface area contributed by atoms with Gasteiger partial charge in [-0.05, 0) is 72.0 Å². The van der Waals surface area contributed by atoms with Crippen molar-refractivity contribution in [3.8, 4) is 62.1 Å². The molecule has 0 N–H and O–H groups in total. The van der Waals surface area contributed by atoms with Crippen molar-refractivity contribution in [2.75, 3.05) is 0 Å². The molecule has 5 nitrogen and oxygen atoms in total. The first-order valence-electron chi connectivity index (χ1n) is 16.2. The van der Waals surface area contributed by atoms with Gasteiger partial charge in [0.1, 0.15) is 5.82 Å². The van der Waals surface area contributed by atoms with Gasteiger partial charge < -0.3 is 0 Å². The second-order valence-corrected chi connectivity index (χ2v) is 12.8. The van der Waals surface area contributed by atoms with Gasteiger partial charge in [-0.3, -0.25) is 4.57 Å². The Hall–Kier alpha value is -6.20. The number of hydrogen-bond acceptors (Lipinski definition) is 4. The maximum absolute atomic E-state index is 5.17. The summed E-state index contributed by atoms with van der Waals surface area (Å²) in [6.07, 6.45) is 0. The molecule has 0 bridgehead atoms. The van der Waals surface area contributed by atoms with Crippen LogP contribution in [0.25, 0.3) is 73.1 Å². The first-order valence-corrected chi connectivity index (χ1v) is 16.2. The second-order valence-electron chi connectivity index (χ2n) is 12.8. The Balaban J connectivity index is 1.10. The van der Waals surface area contributed by atoms with Crippen molar-refractivity contribution < 1.29 is 0 Å². The van der Waals surface area contributed by atoms with E-state index in [1.165, 1.54) is 11.3 Å². The molecule has 0 aliphatic carbocycles. The van der Waals surface area contributed by atoms with Crippen molar-refractivity contribution in [3.63, 3.8) is 0 Å². The lowest BCUT2D eigenvalue weighted by molar-refractivity contribution is 0.621. The van der Waals surface area contributed by atoms with Crippen LogP contribution >= 0.6 is 0 Å². The molecule has 8 aromatic rings. The topological polar surface area (TPSA) is 56.5 Å². The van der Waals surface area contributed by atoms with Crippen LogP contribution < -0.4 is 0 Å². The normalized spacial score (nSPS) is 13.0. The van der Waals surface area contributed by atoms with Gasteiger partial charge in [-0.15, -0.1) is 0 Å². The lowest BCUT2D eigenvalue weighted by atomic mass is 9.86. The van der Waals surface area contributed by atoms with Gasteiger partial charge in [-0.1, -0.05) is 121 Å². The SMILES string of the molecule is CC1(C)c2ccccc2-n2c1nc1cc(-c3cccc(-c4cccc(-c5nc(-c6ccccc6)nc(-c6ccccc6)n5)c4)c3)ccc12. The van der Waals surface area contributed by atoms with Crippen molar-refractivity contribution in [1.82, 2.24) is 24.5 Å². The molecule has 0 fully saturated rings. The Bertz CT molecular complexity index is 2420. The van der Waals surface area contributed by atoms with E-state index in [4.69, 9.17) is 19.9 Å². The van der Waals surface area contributed by atoms with Crippen molar-refractivity contribution >= 4 is 11.0 Å². The van der Waals surface area contributed by atoms with Crippen molar-refractivity contribution in [3.05, 3.63) is 163 Å². The van der Waals surface area contributed by atoms with Crippen LogP contribution in [0.4, 0.5) is 0 Å². The van der Waals surface area contributed by atoms with E-state index in [-0.39, 0.29) is 5.41 Å². The van der Waals surface area contributed by atoms with Crippen LogP contribution in [0.15, 0.2) is 152 Å². The molecule has 0 saturated heterocycles. The highest BCUT2D eigenvalue weighted by Gasteiger charge is 2.38. The molecule has 9 rings (SSSR count). The third-order valence-electron chi connectivity index (χ3n) is 9.38. The van der Waals surface area contributed by atoms with E-state index < -0.39 is 0 Å². The lowest BCUT2D eigenvalue weighted by Gasteiger charge is -2.17. The minimum atomic E-state index is -0.150. The van der Waals surface area contributed by atoms with E-state index in [0.29, 0.717) is 17.5 Å². The number of para-hydroxylation sites is 1. The molecule has 2 aromatic heterocycles. The highest BCUT2D eigenvalue weighted by molar-refractivity contribution is 5.87. The molecule has 0 saturated carbocycles. The van der Waals surface area contributed by atoms with Crippen LogP contribution in [0.5, 0.6) is 0 Å². The van der Waals surface area contributed by atoms with Crippen molar-refractivity contribution in [2.24, 2.45) is 0 Å². The highest BCUT2D eigenvalue weighted by Crippen LogP contribution is 2.44. The predicted octanol–water partition coefficient (Wildman–Crippen LogP) is 10.2. The summed E-state index contributed by atoms with van der Waals surface area (Å²) in [6.45, 7) is 4.52. The first kappa shape index (κ1) is 28.1. The number of benzene rings is 6. The Morgan fingerprint density at radius 1 is 0.417 bits per heavy atom. The predicted molar refractivity (Wildman–Crippen MR) is 194 cm³/mol. The average molecular weight is 618 g/mol. The van der Waals surface area contributed by atoms with Gasteiger partial charge in [0.05, 0.1) is 22.1 Å². The monoisotopic (exact) mass is 617 g/mol. The Morgan fingerprint density at radius 2 is 0.896 bits per heavy atom. The fraction of sp³-hybridized carbons (Fsp3) is 0.0698. The fourth-order valence-corrected chi connectivity index (χ4v) is 6.89. The summed E-state index contributed by atoms with van der Waals surface area (Å²) in [5, 5.41) is 0. The Kier molecular flexibility index (Phi) is 6.40. The standard InChI is InChI=1S/C43H31N5/c1-43(2)35-21-9-10-22-37(35)48-38-24-23-33(27-36(38)44-42(43)48)31-18-11-17-30(25-31)32-19-12-20-34(26-32)41-46-39(28-13-5-3-6-14-28)45-40(47-41)29-15-7-4-8-16-29/h3-27H,1-2H3. The molecule has 228 valence electrons. The summed E-state index contributed by atoms with van der Waals surface area (Å²) in [7, 11) is 0. The summed E-state index contributed by atoms with van der Waals surface area (Å²) < 4.78 is 2.32. The van der Waals surface area contributed by atoms with Crippen molar-refractivity contribution in [1.29, 1.82) is 0 Å². The van der Waals surface area contributed by atoms with Gasteiger partial charge in [0, 0.05) is 16.7 Å². The molecule has 1 aliphatic heterocycles. The minimum absolute atomic E-state index is 0.150. The third kappa shape index (κ3) is 4.63. The summed E-state index contributed by atoms with van der Waals surface area (Å²) in [6, 6.07) is 52.6. The van der Waals surface area contributed by atoms with Crippen LogP contribution in [0.2, 0.25) is 0 Å². The molecular formula is C43H31N5. The van der Waals surface area contributed by atoms with E-state index in [2.05, 4.69) is 109 Å². The maximum Gasteiger partial charge on any atom is 0.164 e. The molecule has 0 amide bonds. The molecule has 1 aliphatic rings. The summed E-state index contributed by atoms with van der Waals surface area (Å²) >= 11 is 0. The van der Waals surface area contributed by atoms with E-state index in [1.54, 1.807) is 0 Å². The lowest BCUT2D eigenvalue weighted by Crippen LogP contribution is -2.16. The quantitative estimate of drug-likeness (QED) is 0.193. The van der Waals surface area contributed by atoms with E-state index in [9.17, 15) is 0 Å². The molecule has 0 radical (unpaired) electrons. The summed E-state index contributed by atoms with van der Waals surface area (Å²) in [5.41, 5.74) is 11.9. The Labute approximate surface area is 279 Å². The molecule has 48 heavy (non-hydrogen) atoms. The molecule has 5 heteroatoms. The average Bonchev–Trinajstić information content (AvgIpc) is 3.65. The van der Waals surface area contributed by atoms with Crippen molar-refractivity contribution in [2.45, 2.75) is 19.3 Å². The minimum Gasteiger partial charge on any atom is -0.295 e. The zero-order valence-electron chi connectivity index (χ0n) is 26.7. The van der Waals surface area contributed by atoms with E-state index in [0.717, 1.165) is 55.8 Å². The number of rotatable bonds is 5.